The highest BCUT2D eigenvalue weighted by molar-refractivity contribution is 7.15. The predicted octanol–water partition coefficient (Wildman–Crippen LogP) is 4.26. The van der Waals surface area contributed by atoms with Crippen LogP contribution in [0.1, 0.15) is 48.0 Å². The number of halogens is 1. The fourth-order valence-electron chi connectivity index (χ4n) is 2.05. The predicted molar refractivity (Wildman–Crippen MR) is 89.3 cm³/mol. The first-order chi connectivity index (χ1) is 11.0. The van der Waals surface area contributed by atoms with Gasteiger partial charge in [-0.05, 0) is 18.9 Å². The second-order valence-electron chi connectivity index (χ2n) is 4.83. The van der Waals surface area contributed by atoms with Crippen LogP contribution in [0.2, 0.25) is 5.02 Å². The van der Waals surface area contributed by atoms with Crippen molar-refractivity contribution in [1.29, 1.82) is 0 Å². The zero-order valence-corrected chi connectivity index (χ0v) is 14.1. The van der Waals surface area contributed by atoms with E-state index in [9.17, 15) is 14.9 Å². The molecular formula is C14H15ClN4O3S. The van der Waals surface area contributed by atoms with Crippen molar-refractivity contribution < 1.29 is 9.72 Å². The van der Waals surface area contributed by atoms with E-state index in [1.807, 2.05) is 0 Å². The molecule has 1 N–H and O–H groups in total. The number of nitro benzene ring substituents is 1. The molecule has 0 bridgehead atoms. The zero-order chi connectivity index (χ0) is 17.0. The van der Waals surface area contributed by atoms with Crippen LogP contribution in [0.25, 0.3) is 0 Å². The zero-order valence-electron chi connectivity index (χ0n) is 12.6. The fourth-order valence-corrected chi connectivity index (χ4v) is 3.26. The van der Waals surface area contributed by atoms with Gasteiger partial charge in [-0.2, -0.15) is 0 Å². The van der Waals surface area contributed by atoms with Gasteiger partial charge in [0, 0.05) is 18.1 Å². The summed E-state index contributed by atoms with van der Waals surface area (Å²) in [5, 5.41) is 22.8. The maximum Gasteiger partial charge on any atom is 0.270 e. The van der Waals surface area contributed by atoms with E-state index >= 15 is 0 Å². The number of nitrogens with zero attached hydrogens (tertiary/aromatic N) is 3. The Morgan fingerprint density at radius 2 is 2.09 bits per heavy atom. The van der Waals surface area contributed by atoms with Crippen LogP contribution in [-0.4, -0.2) is 21.0 Å². The van der Waals surface area contributed by atoms with E-state index in [0.29, 0.717) is 11.0 Å². The summed E-state index contributed by atoms with van der Waals surface area (Å²) < 4.78 is 0. The highest BCUT2D eigenvalue weighted by atomic mass is 35.5. The quantitative estimate of drug-likeness (QED) is 0.617. The molecule has 7 nitrogen and oxygen atoms in total. The van der Waals surface area contributed by atoms with Gasteiger partial charge in [-0.1, -0.05) is 36.8 Å². The minimum Gasteiger partial charge on any atom is -0.296 e. The minimum atomic E-state index is -0.580. The average molecular weight is 355 g/mol. The van der Waals surface area contributed by atoms with Crippen molar-refractivity contribution in [3.05, 3.63) is 43.9 Å². The lowest BCUT2D eigenvalue weighted by Gasteiger charge is -2.06. The smallest absolute Gasteiger partial charge is 0.270 e. The number of carbonyl (C=O) groups is 1. The number of aromatic nitrogens is 2. The third-order valence-electron chi connectivity index (χ3n) is 3.40. The van der Waals surface area contributed by atoms with Gasteiger partial charge >= 0.3 is 0 Å². The lowest BCUT2D eigenvalue weighted by atomic mass is 10.1. The Bertz CT molecular complexity index is 731. The van der Waals surface area contributed by atoms with Crippen LogP contribution in [0.3, 0.4) is 0 Å². The third kappa shape index (κ3) is 4.02. The van der Waals surface area contributed by atoms with Crippen molar-refractivity contribution in [2.24, 2.45) is 0 Å². The lowest BCUT2D eigenvalue weighted by molar-refractivity contribution is -0.384. The van der Waals surface area contributed by atoms with Gasteiger partial charge in [0.1, 0.15) is 5.01 Å². The SMILES string of the molecule is CCC(CC)c1nnc(NC(=O)c2cc([N+](=O)[O-])ccc2Cl)s1. The van der Waals surface area contributed by atoms with E-state index in [1.54, 1.807) is 0 Å². The Labute approximate surface area is 141 Å². The summed E-state index contributed by atoms with van der Waals surface area (Å²) >= 11 is 7.24. The summed E-state index contributed by atoms with van der Waals surface area (Å²) in [5.74, 6) is -0.245. The first kappa shape index (κ1) is 17.3. The minimum absolute atomic E-state index is 0.0279. The normalized spacial score (nSPS) is 10.8. The first-order valence-electron chi connectivity index (χ1n) is 7.04. The van der Waals surface area contributed by atoms with Crippen LogP contribution >= 0.6 is 22.9 Å². The standard InChI is InChI=1S/C14H15ClN4O3S/c1-3-8(4-2)13-17-18-14(23-13)16-12(20)10-7-9(19(21)22)5-6-11(10)15/h5-8H,3-4H2,1-2H3,(H,16,18,20). The average Bonchev–Trinajstić information content (AvgIpc) is 2.97. The molecule has 0 aliphatic carbocycles. The number of nitrogens with one attached hydrogen (secondary N) is 1. The number of carbonyl (C=O) groups excluding carboxylic acids is 1. The molecule has 122 valence electrons. The number of nitro groups is 1. The van der Waals surface area contributed by atoms with E-state index in [4.69, 9.17) is 11.6 Å². The molecule has 0 unspecified atom stereocenters. The topological polar surface area (TPSA) is 98.0 Å². The van der Waals surface area contributed by atoms with Gasteiger partial charge in [0.15, 0.2) is 0 Å². The Balaban J connectivity index is 2.19. The molecule has 0 saturated heterocycles. The van der Waals surface area contributed by atoms with Crippen LogP contribution in [-0.2, 0) is 0 Å². The Morgan fingerprint density at radius 1 is 1.39 bits per heavy atom. The van der Waals surface area contributed by atoms with Gasteiger partial charge in [0.05, 0.1) is 15.5 Å². The molecule has 1 heterocycles. The van der Waals surface area contributed by atoms with Crippen LogP contribution in [0.4, 0.5) is 10.8 Å². The summed E-state index contributed by atoms with van der Waals surface area (Å²) in [6, 6.07) is 3.71. The molecule has 2 aromatic rings. The lowest BCUT2D eigenvalue weighted by Crippen LogP contribution is -2.12. The second-order valence-corrected chi connectivity index (χ2v) is 6.25. The summed E-state index contributed by atoms with van der Waals surface area (Å²) in [7, 11) is 0. The summed E-state index contributed by atoms with van der Waals surface area (Å²) in [6.45, 7) is 4.13. The van der Waals surface area contributed by atoms with Crippen LogP contribution < -0.4 is 5.32 Å². The van der Waals surface area contributed by atoms with Crippen LogP contribution in [0.5, 0.6) is 0 Å². The van der Waals surface area contributed by atoms with Crippen LogP contribution in [0, 0.1) is 10.1 Å². The molecule has 0 atom stereocenters. The maximum absolute atomic E-state index is 12.2. The van der Waals surface area contributed by atoms with Gasteiger partial charge in [-0.3, -0.25) is 20.2 Å². The van der Waals surface area contributed by atoms with Gasteiger partial charge in [-0.15, -0.1) is 10.2 Å². The molecule has 2 rings (SSSR count). The van der Waals surface area contributed by atoms with E-state index < -0.39 is 10.8 Å². The van der Waals surface area contributed by atoms with Gasteiger partial charge in [0.2, 0.25) is 5.13 Å². The summed E-state index contributed by atoms with van der Waals surface area (Å²) in [4.78, 5) is 22.5. The molecule has 0 fully saturated rings. The van der Waals surface area contributed by atoms with E-state index in [-0.39, 0.29) is 16.3 Å². The third-order valence-corrected chi connectivity index (χ3v) is 4.73. The highest BCUT2D eigenvalue weighted by Crippen LogP contribution is 2.29. The molecule has 1 amide bonds. The van der Waals surface area contributed by atoms with Gasteiger partial charge in [-0.25, -0.2) is 0 Å². The summed E-state index contributed by atoms with van der Waals surface area (Å²) in [5.41, 5.74) is -0.172. The van der Waals surface area contributed by atoms with Crippen molar-refractivity contribution in [1.82, 2.24) is 10.2 Å². The molecule has 23 heavy (non-hydrogen) atoms. The molecule has 1 aromatic heterocycles. The molecule has 0 aliphatic heterocycles. The molecule has 1 aromatic carbocycles. The number of anilines is 1. The number of hydrogen-bond donors (Lipinski definition) is 1. The number of benzene rings is 1. The van der Waals surface area contributed by atoms with E-state index in [2.05, 4.69) is 29.4 Å². The Morgan fingerprint density at radius 3 is 2.70 bits per heavy atom. The van der Waals surface area contributed by atoms with E-state index in [0.717, 1.165) is 23.9 Å². The fraction of sp³-hybridized carbons (Fsp3) is 0.357. The number of hydrogen-bond acceptors (Lipinski definition) is 6. The molecule has 0 spiro atoms. The monoisotopic (exact) mass is 354 g/mol. The Kier molecular flexibility index (Phi) is 5.62. The number of non-ortho nitro benzene ring substituents is 1. The van der Waals surface area contributed by atoms with Crippen molar-refractivity contribution in [3.8, 4) is 0 Å². The van der Waals surface area contributed by atoms with Crippen molar-refractivity contribution in [2.75, 3.05) is 5.32 Å². The van der Waals surface area contributed by atoms with Crippen LogP contribution in [0.15, 0.2) is 18.2 Å². The maximum atomic E-state index is 12.2. The molecule has 0 aliphatic rings. The van der Waals surface area contributed by atoms with Crippen molar-refractivity contribution in [2.45, 2.75) is 32.6 Å². The molecule has 0 radical (unpaired) electrons. The molecule has 0 saturated carbocycles. The molecule has 9 heteroatoms. The summed E-state index contributed by atoms with van der Waals surface area (Å²) in [6.07, 6.45) is 1.88. The number of amides is 1. The van der Waals surface area contributed by atoms with Gasteiger partial charge < -0.3 is 0 Å². The van der Waals surface area contributed by atoms with Crippen molar-refractivity contribution >= 4 is 39.7 Å². The first-order valence-corrected chi connectivity index (χ1v) is 8.24. The second kappa shape index (κ2) is 7.47. The number of rotatable bonds is 6. The van der Waals surface area contributed by atoms with Gasteiger partial charge in [0.25, 0.3) is 11.6 Å². The Hall–Kier alpha value is -2.06. The van der Waals surface area contributed by atoms with Crippen molar-refractivity contribution in [3.63, 3.8) is 0 Å². The molecular weight excluding hydrogens is 340 g/mol. The van der Waals surface area contributed by atoms with E-state index in [1.165, 1.54) is 23.5 Å². The largest absolute Gasteiger partial charge is 0.296 e. The highest BCUT2D eigenvalue weighted by Gasteiger charge is 2.19.